The lowest BCUT2D eigenvalue weighted by molar-refractivity contribution is -0.135. The topological polar surface area (TPSA) is 30.7 Å². The minimum Gasteiger partial charge on any atom is -0.474 e. The van der Waals surface area contributed by atoms with E-state index in [1.807, 2.05) is 18.2 Å². The molecule has 0 radical (unpaired) electrons. The molecule has 0 bridgehead atoms. The van der Waals surface area contributed by atoms with Crippen LogP contribution in [0.4, 0.5) is 0 Å². The van der Waals surface area contributed by atoms with E-state index >= 15 is 0 Å². The summed E-state index contributed by atoms with van der Waals surface area (Å²) in [6.07, 6.45) is 0. The number of rotatable bonds is 2. The van der Waals surface area contributed by atoms with E-state index in [4.69, 9.17) is 6.57 Å². The van der Waals surface area contributed by atoms with Gasteiger partial charge in [-0.1, -0.05) is 46.3 Å². The zero-order chi connectivity index (χ0) is 11.3. The fourth-order valence-electron chi connectivity index (χ4n) is 1.00. The Morgan fingerprint density at radius 3 is 2.47 bits per heavy atom. The van der Waals surface area contributed by atoms with Crippen LogP contribution in [0.3, 0.4) is 0 Å². The predicted octanol–water partition coefficient (Wildman–Crippen LogP) is 2.84. The highest BCUT2D eigenvalue weighted by Gasteiger charge is 2.15. The van der Waals surface area contributed by atoms with E-state index in [0.717, 1.165) is 5.56 Å². The Morgan fingerprint density at radius 2 is 2.00 bits per heavy atom. The fraction of sp³-hybridized carbons (Fsp3) is 0.0909. The molecule has 15 heavy (non-hydrogen) atoms. The minimum absolute atomic E-state index is 0.0521. The van der Waals surface area contributed by atoms with Crippen molar-refractivity contribution in [2.45, 2.75) is 0 Å². The second-order valence-electron chi connectivity index (χ2n) is 2.63. The van der Waals surface area contributed by atoms with Crippen molar-refractivity contribution in [3.63, 3.8) is 0 Å². The molecule has 3 nitrogen and oxygen atoms in total. The van der Waals surface area contributed by atoms with Crippen LogP contribution in [-0.2, 0) is 9.53 Å². The molecule has 0 aromatic heterocycles. The van der Waals surface area contributed by atoms with Gasteiger partial charge in [-0.05, 0) is 5.56 Å². The molecule has 0 saturated carbocycles. The summed E-state index contributed by atoms with van der Waals surface area (Å²) in [6.45, 7) is 6.91. The van der Waals surface area contributed by atoms with Crippen LogP contribution in [0, 0.1) is 6.57 Å². The van der Waals surface area contributed by atoms with Gasteiger partial charge in [-0.2, -0.15) is 0 Å². The third-order valence-electron chi connectivity index (χ3n) is 1.73. The van der Waals surface area contributed by atoms with Crippen LogP contribution in [0.25, 0.3) is 9.33 Å². The van der Waals surface area contributed by atoms with Crippen molar-refractivity contribution in [1.82, 2.24) is 0 Å². The Hall–Kier alpha value is -1.60. The van der Waals surface area contributed by atoms with Gasteiger partial charge in [0, 0.05) is 4.48 Å². The number of halogens is 1. The van der Waals surface area contributed by atoms with Crippen molar-refractivity contribution in [2.24, 2.45) is 0 Å². The van der Waals surface area contributed by atoms with Gasteiger partial charge < -0.3 is 4.74 Å². The molecule has 0 fully saturated rings. The van der Waals surface area contributed by atoms with Crippen molar-refractivity contribution in [3.8, 4) is 0 Å². The molecule has 4 heteroatoms. The van der Waals surface area contributed by atoms with Crippen LogP contribution >= 0.6 is 15.9 Å². The molecular weight excluding hydrogens is 258 g/mol. The summed E-state index contributed by atoms with van der Waals surface area (Å²) in [5.41, 5.74) is 0.720. The zero-order valence-corrected chi connectivity index (χ0v) is 9.61. The average Bonchev–Trinajstić information content (AvgIpc) is 2.30. The van der Waals surface area contributed by atoms with E-state index in [2.05, 4.69) is 25.5 Å². The van der Waals surface area contributed by atoms with Crippen LogP contribution in [0.2, 0.25) is 0 Å². The van der Waals surface area contributed by atoms with Gasteiger partial charge in [0.2, 0.25) is 0 Å². The standard InChI is InChI=1S/C11H8BrNO2/c1-13-10(11(14)15-2)9(12)8-6-4-3-5-7-8/h3-7H,2H3. The summed E-state index contributed by atoms with van der Waals surface area (Å²) in [5.74, 6) is -0.638. The number of hydrogen-bond acceptors (Lipinski definition) is 2. The SMILES string of the molecule is [C-]#[N+]C(C(=O)OC)=C(Br)c1ccccc1. The first-order valence-electron chi connectivity index (χ1n) is 4.11. The molecule has 1 aromatic carbocycles. The lowest BCUT2D eigenvalue weighted by Crippen LogP contribution is -2.02. The molecule has 0 saturated heterocycles. The summed E-state index contributed by atoms with van der Waals surface area (Å²) in [4.78, 5) is 14.4. The number of carbonyl (C=O) groups is 1. The van der Waals surface area contributed by atoms with E-state index < -0.39 is 5.97 Å². The van der Waals surface area contributed by atoms with Gasteiger partial charge in [0.25, 0.3) is 5.70 Å². The second kappa shape index (κ2) is 5.32. The zero-order valence-electron chi connectivity index (χ0n) is 8.03. The molecule has 0 aliphatic rings. The van der Waals surface area contributed by atoms with E-state index in [0.29, 0.717) is 4.48 Å². The van der Waals surface area contributed by atoms with Crippen LogP contribution in [0.5, 0.6) is 0 Å². The quantitative estimate of drug-likeness (QED) is 0.468. The summed E-state index contributed by atoms with van der Waals surface area (Å²) >= 11 is 3.22. The minimum atomic E-state index is -0.638. The van der Waals surface area contributed by atoms with Crippen LogP contribution in [-0.4, -0.2) is 13.1 Å². The summed E-state index contributed by atoms with van der Waals surface area (Å²) < 4.78 is 4.95. The number of hydrogen-bond donors (Lipinski definition) is 0. The predicted molar refractivity (Wildman–Crippen MR) is 60.9 cm³/mol. The molecule has 0 spiro atoms. The molecule has 0 atom stereocenters. The van der Waals surface area contributed by atoms with Gasteiger partial charge in [0.15, 0.2) is 0 Å². The molecule has 0 aliphatic carbocycles. The van der Waals surface area contributed by atoms with Gasteiger partial charge in [0.1, 0.15) is 0 Å². The summed E-state index contributed by atoms with van der Waals surface area (Å²) in [7, 11) is 1.25. The molecule has 0 unspecified atom stereocenters. The lowest BCUT2D eigenvalue weighted by Gasteiger charge is -2.02. The Labute approximate surface area is 96.3 Å². The first-order chi connectivity index (χ1) is 7.20. The maximum atomic E-state index is 11.2. The van der Waals surface area contributed by atoms with Crippen LogP contribution in [0.15, 0.2) is 36.0 Å². The molecule has 0 amide bonds. The van der Waals surface area contributed by atoms with Gasteiger partial charge in [-0.3, -0.25) is 4.79 Å². The highest BCUT2D eigenvalue weighted by molar-refractivity contribution is 9.15. The lowest BCUT2D eigenvalue weighted by atomic mass is 10.2. The van der Waals surface area contributed by atoms with E-state index in [-0.39, 0.29) is 5.70 Å². The largest absolute Gasteiger partial charge is 0.474 e. The third kappa shape index (κ3) is 2.67. The first kappa shape index (κ1) is 11.5. The Kier molecular flexibility index (Phi) is 4.07. The van der Waals surface area contributed by atoms with E-state index in [1.165, 1.54) is 7.11 Å². The molecular formula is C11H8BrNO2. The maximum Gasteiger partial charge on any atom is 0.337 e. The number of ether oxygens (including phenoxy) is 1. The normalized spacial score (nSPS) is 11.3. The third-order valence-corrected chi connectivity index (χ3v) is 2.56. The highest BCUT2D eigenvalue weighted by Crippen LogP contribution is 2.26. The van der Waals surface area contributed by atoms with E-state index in [9.17, 15) is 4.79 Å². The number of nitrogens with zero attached hydrogens (tertiary/aromatic N) is 1. The van der Waals surface area contributed by atoms with Crippen molar-refractivity contribution in [2.75, 3.05) is 7.11 Å². The molecule has 0 heterocycles. The average molecular weight is 266 g/mol. The van der Waals surface area contributed by atoms with Crippen molar-refractivity contribution in [3.05, 3.63) is 53.0 Å². The van der Waals surface area contributed by atoms with Gasteiger partial charge >= 0.3 is 5.97 Å². The number of carbonyl (C=O) groups excluding carboxylic acids is 1. The Morgan fingerprint density at radius 1 is 1.40 bits per heavy atom. The Bertz CT molecular complexity index is 432. The van der Waals surface area contributed by atoms with Crippen molar-refractivity contribution >= 4 is 26.4 Å². The van der Waals surface area contributed by atoms with Crippen LogP contribution in [0.1, 0.15) is 5.56 Å². The molecule has 0 aliphatic heterocycles. The maximum absolute atomic E-state index is 11.2. The molecule has 76 valence electrons. The van der Waals surface area contributed by atoms with Gasteiger partial charge in [-0.15, -0.1) is 0 Å². The molecule has 1 aromatic rings. The summed E-state index contributed by atoms with van der Waals surface area (Å²) in [5, 5.41) is 0. The van der Waals surface area contributed by atoms with Gasteiger partial charge in [-0.25, -0.2) is 4.85 Å². The molecule has 0 N–H and O–H groups in total. The highest BCUT2D eigenvalue weighted by atomic mass is 79.9. The van der Waals surface area contributed by atoms with Gasteiger partial charge in [0.05, 0.1) is 13.7 Å². The number of benzene rings is 1. The number of methoxy groups -OCH3 is 1. The van der Waals surface area contributed by atoms with E-state index in [1.54, 1.807) is 12.1 Å². The summed E-state index contributed by atoms with van der Waals surface area (Å²) in [6, 6.07) is 9.13. The number of esters is 1. The first-order valence-corrected chi connectivity index (χ1v) is 4.91. The van der Waals surface area contributed by atoms with Crippen LogP contribution < -0.4 is 0 Å². The van der Waals surface area contributed by atoms with Crippen molar-refractivity contribution in [1.29, 1.82) is 0 Å². The Balaban J connectivity index is 3.20. The monoisotopic (exact) mass is 265 g/mol. The fourth-order valence-corrected chi connectivity index (χ4v) is 1.52. The van der Waals surface area contributed by atoms with Crippen molar-refractivity contribution < 1.29 is 9.53 Å². The second-order valence-corrected chi connectivity index (χ2v) is 3.42. The molecule has 1 rings (SSSR count). The smallest absolute Gasteiger partial charge is 0.337 e.